The van der Waals surface area contributed by atoms with E-state index in [0.717, 1.165) is 38.5 Å². The Morgan fingerprint density at radius 1 is 1.09 bits per heavy atom. The van der Waals surface area contributed by atoms with E-state index in [9.17, 15) is 19.2 Å². The monoisotopic (exact) mass is 494 g/mol. The van der Waals surface area contributed by atoms with Crippen molar-refractivity contribution in [3.63, 3.8) is 0 Å². The van der Waals surface area contributed by atoms with Gasteiger partial charge in [-0.1, -0.05) is 39.5 Å². The number of ketones is 1. The molecule has 9 N–H and O–H groups in total. The smallest absolute Gasteiger partial charge is 0.241 e. The summed E-state index contributed by atoms with van der Waals surface area (Å²) >= 11 is 0. The summed E-state index contributed by atoms with van der Waals surface area (Å²) in [5.41, 5.74) is 10.1. The van der Waals surface area contributed by atoms with E-state index in [1.54, 1.807) is 4.90 Å². The highest BCUT2D eigenvalue weighted by molar-refractivity contribution is 5.96. The van der Waals surface area contributed by atoms with Gasteiger partial charge in [-0.25, -0.2) is 0 Å². The van der Waals surface area contributed by atoms with Crippen LogP contribution in [0.1, 0.15) is 65.2 Å². The number of piperazine rings is 2. The molecular formula is C23H42N8O4. The van der Waals surface area contributed by atoms with Crippen LogP contribution in [0.15, 0.2) is 0 Å². The molecule has 0 aliphatic carbocycles. The van der Waals surface area contributed by atoms with Crippen molar-refractivity contribution < 1.29 is 19.2 Å². The van der Waals surface area contributed by atoms with Gasteiger partial charge in [-0.2, -0.15) is 0 Å². The number of unbranched alkanes of at least 4 members (excludes halogenated alkanes) is 2. The standard InChI is InChI=1S/C23H42N8O4/c1-3-5-9-23(10-6-4-2)21(35)30-15(12-28-23)18(32)14-31-13-16(19(24)33)29-20(34)17(31)8-7-11-27-22(25)26/h15-17,28H,3-14H2,1-2H3,(H2,24,33)(H,29,34)(H,30,35)(H4,25,26,27)/t15-,16-,17+/m1/s1. The minimum Gasteiger partial charge on any atom is -0.370 e. The lowest BCUT2D eigenvalue weighted by atomic mass is 9.83. The Bertz CT molecular complexity index is 781. The molecular weight excluding hydrogens is 452 g/mol. The number of nitrogens with two attached hydrogens (primary N) is 2. The predicted molar refractivity (Wildman–Crippen MR) is 132 cm³/mol. The molecule has 2 aliphatic rings. The minimum atomic E-state index is -0.892. The number of primary amides is 1. The highest BCUT2D eigenvalue weighted by atomic mass is 16.2. The van der Waals surface area contributed by atoms with E-state index in [-0.39, 0.29) is 36.6 Å². The third-order valence-electron chi connectivity index (χ3n) is 6.84. The zero-order chi connectivity index (χ0) is 26.0. The second kappa shape index (κ2) is 13.4. The number of carbonyl (C=O) groups excluding carboxylic acids is 4. The molecule has 0 unspecified atom stereocenters. The number of hydrogen-bond acceptors (Lipinski definition) is 7. The van der Waals surface area contributed by atoms with E-state index in [4.69, 9.17) is 16.9 Å². The van der Waals surface area contributed by atoms with Crippen LogP contribution in [0.2, 0.25) is 0 Å². The van der Waals surface area contributed by atoms with E-state index in [1.165, 1.54) is 0 Å². The molecule has 198 valence electrons. The predicted octanol–water partition coefficient (Wildman–Crippen LogP) is -1.32. The third kappa shape index (κ3) is 7.89. The molecule has 0 saturated carbocycles. The number of carbonyl (C=O) groups is 4. The number of nitrogens with one attached hydrogen (secondary N) is 5. The van der Waals surface area contributed by atoms with Crippen molar-refractivity contribution in [2.75, 3.05) is 26.2 Å². The van der Waals surface area contributed by atoms with Crippen molar-refractivity contribution in [2.45, 2.75) is 88.9 Å². The average Bonchev–Trinajstić information content (AvgIpc) is 2.81. The zero-order valence-electron chi connectivity index (χ0n) is 21.0. The van der Waals surface area contributed by atoms with Gasteiger partial charge in [-0.3, -0.25) is 29.5 Å². The Labute approximate surface area is 207 Å². The largest absolute Gasteiger partial charge is 0.370 e. The Morgan fingerprint density at radius 3 is 2.29 bits per heavy atom. The first kappa shape index (κ1) is 28.5. The van der Waals surface area contributed by atoms with Gasteiger partial charge in [0.2, 0.25) is 17.7 Å². The lowest BCUT2D eigenvalue weighted by Gasteiger charge is -2.42. The van der Waals surface area contributed by atoms with Crippen molar-refractivity contribution in [3.05, 3.63) is 0 Å². The van der Waals surface area contributed by atoms with E-state index in [1.807, 2.05) is 0 Å². The fourth-order valence-electron chi connectivity index (χ4n) is 4.72. The maximum atomic E-state index is 13.2. The zero-order valence-corrected chi connectivity index (χ0v) is 21.0. The van der Waals surface area contributed by atoms with Crippen LogP contribution in [0.5, 0.6) is 0 Å². The van der Waals surface area contributed by atoms with Gasteiger partial charge in [0.1, 0.15) is 12.1 Å². The molecule has 2 rings (SSSR count). The molecule has 3 atom stereocenters. The van der Waals surface area contributed by atoms with Crippen molar-refractivity contribution in [1.29, 1.82) is 5.41 Å². The normalized spacial score (nSPS) is 24.3. The first-order chi connectivity index (χ1) is 16.6. The van der Waals surface area contributed by atoms with Crippen LogP contribution < -0.4 is 32.7 Å². The molecule has 0 bridgehead atoms. The number of guanidine groups is 1. The molecule has 2 fully saturated rings. The fourth-order valence-corrected chi connectivity index (χ4v) is 4.72. The molecule has 0 aromatic heterocycles. The topological polar surface area (TPSA) is 196 Å². The van der Waals surface area contributed by atoms with E-state index < -0.39 is 29.6 Å². The molecule has 2 saturated heterocycles. The third-order valence-corrected chi connectivity index (χ3v) is 6.84. The fraction of sp³-hybridized carbons (Fsp3) is 0.783. The van der Waals surface area contributed by atoms with Crippen LogP contribution in [-0.4, -0.2) is 84.2 Å². The first-order valence-corrected chi connectivity index (χ1v) is 12.6. The molecule has 3 amide bonds. The van der Waals surface area contributed by atoms with Gasteiger partial charge in [0.25, 0.3) is 0 Å². The Kier molecular flexibility index (Phi) is 10.9. The van der Waals surface area contributed by atoms with Crippen LogP contribution in [0, 0.1) is 5.41 Å². The summed E-state index contributed by atoms with van der Waals surface area (Å²) in [6, 6.07) is -2.24. The SMILES string of the molecule is CCCCC1(CCCC)NC[C@H](C(=O)CN2C[C@H](C(N)=O)NC(=O)[C@@H]2CCCNC(=N)N)NC1=O. The van der Waals surface area contributed by atoms with Crippen molar-refractivity contribution in [1.82, 2.24) is 26.2 Å². The molecule has 0 aromatic rings. The summed E-state index contributed by atoms with van der Waals surface area (Å²) < 4.78 is 0. The first-order valence-electron chi connectivity index (χ1n) is 12.6. The van der Waals surface area contributed by atoms with E-state index >= 15 is 0 Å². The quantitative estimate of drug-likeness (QED) is 0.0876. The van der Waals surface area contributed by atoms with Crippen LogP contribution in [0.25, 0.3) is 0 Å². The van der Waals surface area contributed by atoms with Gasteiger partial charge in [0, 0.05) is 19.6 Å². The molecule has 0 spiro atoms. The highest BCUT2D eigenvalue weighted by Gasteiger charge is 2.44. The summed E-state index contributed by atoms with van der Waals surface area (Å²) in [6.45, 7) is 4.92. The van der Waals surface area contributed by atoms with Crippen LogP contribution in [0.3, 0.4) is 0 Å². The summed E-state index contributed by atoms with van der Waals surface area (Å²) in [5, 5.41) is 18.8. The lowest BCUT2D eigenvalue weighted by molar-refractivity contribution is -0.140. The van der Waals surface area contributed by atoms with E-state index in [0.29, 0.717) is 25.9 Å². The second-order valence-corrected chi connectivity index (χ2v) is 9.55. The van der Waals surface area contributed by atoms with Gasteiger partial charge in [0.05, 0.1) is 18.1 Å². The number of hydrogen-bond donors (Lipinski definition) is 7. The van der Waals surface area contributed by atoms with Crippen LogP contribution >= 0.6 is 0 Å². The van der Waals surface area contributed by atoms with Gasteiger partial charge in [-0.15, -0.1) is 0 Å². The van der Waals surface area contributed by atoms with Gasteiger partial charge in [0.15, 0.2) is 11.7 Å². The summed E-state index contributed by atoms with van der Waals surface area (Å²) in [4.78, 5) is 52.4. The molecule has 35 heavy (non-hydrogen) atoms. The van der Waals surface area contributed by atoms with Crippen LogP contribution in [-0.2, 0) is 19.2 Å². The molecule has 12 nitrogen and oxygen atoms in total. The summed E-state index contributed by atoms with van der Waals surface area (Å²) in [7, 11) is 0. The summed E-state index contributed by atoms with van der Waals surface area (Å²) in [6.07, 6.45) is 6.16. The Morgan fingerprint density at radius 2 is 1.74 bits per heavy atom. The highest BCUT2D eigenvalue weighted by Crippen LogP contribution is 2.25. The maximum Gasteiger partial charge on any atom is 0.241 e. The summed E-state index contributed by atoms with van der Waals surface area (Å²) in [5.74, 6) is -1.58. The van der Waals surface area contributed by atoms with Crippen molar-refractivity contribution >= 4 is 29.5 Å². The molecule has 12 heteroatoms. The number of nitrogens with zero attached hydrogens (tertiary/aromatic N) is 1. The van der Waals surface area contributed by atoms with Gasteiger partial charge in [-0.05, 0) is 25.7 Å². The maximum absolute atomic E-state index is 13.2. The van der Waals surface area contributed by atoms with Crippen molar-refractivity contribution in [3.8, 4) is 0 Å². The lowest BCUT2D eigenvalue weighted by Crippen LogP contribution is -2.70. The average molecular weight is 495 g/mol. The van der Waals surface area contributed by atoms with E-state index in [2.05, 4.69) is 35.1 Å². The second-order valence-electron chi connectivity index (χ2n) is 9.55. The Balaban J connectivity index is 2.06. The molecule has 0 radical (unpaired) electrons. The van der Waals surface area contributed by atoms with Gasteiger partial charge >= 0.3 is 0 Å². The number of amides is 3. The Hall–Kier alpha value is -2.73. The molecule has 2 aliphatic heterocycles. The molecule has 0 aromatic carbocycles. The number of Topliss-reactive ketones (excluding diaryl/α,β-unsaturated/α-hetero) is 1. The van der Waals surface area contributed by atoms with Gasteiger partial charge < -0.3 is 32.7 Å². The molecule has 2 heterocycles. The van der Waals surface area contributed by atoms with Crippen LogP contribution in [0.4, 0.5) is 0 Å². The minimum absolute atomic E-state index is 0.0917. The number of rotatable bonds is 14. The van der Waals surface area contributed by atoms with Crippen molar-refractivity contribution in [2.24, 2.45) is 11.5 Å².